The van der Waals surface area contributed by atoms with Gasteiger partial charge in [0.05, 0.1) is 12.5 Å². The smallest absolute Gasteiger partial charge is 0.362 e. The van der Waals surface area contributed by atoms with Crippen molar-refractivity contribution in [2.45, 2.75) is 12.8 Å². The first kappa shape index (κ1) is 17.7. The molecule has 1 aliphatic heterocycles. The second-order valence-electron chi connectivity index (χ2n) is 4.95. The minimum atomic E-state index is -4.64. The third-order valence-corrected chi connectivity index (χ3v) is 4.05. The van der Waals surface area contributed by atoms with Gasteiger partial charge in [0.25, 0.3) is 5.91 Å². The zero-order valence-corrected chi connectivity index (χ0v) is 13.3. The van der Waals surface area contributed by atoms with E-state index in [2.05, 4.69) is 0 Å². The molecule has 130 valence electrons. The molecule has 0 aromatic heterocycles. The highest BCUT2D eigenvalue weighted by Gasteiger charge is 2.45. The molecule has 1 aromatic rings. The largest absolute Gasteiger partial charge is 0.484 e. The number of ether oxygens (including phenoxy) is 2. The Bertz CT molecular complexity index is 804. The lowest BCUT2D eigenvalue weighted by Crippen LogP contribution is -2.53. The molecule has 0 unspecified atom stereocenters. The van der Waals surface area contributed by atoms with Gasteiger partial charge in [-0.15, -0.1) is 0 Å². The Morgan fingerprint density at radius 3 is 2.58 bits per heavy atom. The van der Waals surface area contributed by atoms with Crippen molar-refractivity contribution in [1.82, 2.24) is 4.31 Å². The van der Waals surface area contributed by atoms with Crippen molar-refractivity contribution in [1.29, 1.82) is 0 Å². The van der Waals surface area contributed by atoms with Crippen LogP contribution in [-0.4, -0.2) is 48.2 Å². The molecule has 1 saturated heterocycles. The van der Waals surface area contributed by atoms with E-state index in [-0.39, 0.29) is 27.9 Å². The van der Waals surface area contributed by atoms with E-state index in [1.165, 1.54) is 18.2 Å². The van der Waals surface area contributed by atoms with E-state index in [4.69, 9.17) is 19.8 Å². The number of amides is 2. The number of β-lactam (4-membered cyclic amide) rings is 1. The molecule has 24 heavy (non-hydrogen) atoms. The average Bonchev–Trinajstić information content (AvgIpc) is 2.43. The number of hydrogen-bond donors (Lipinski definition) is 2. The number of rotatable bonds is 6. The van der Waals surface area contributed by atoms with Gasteiger partial charge in [0.15, 0.2) is 6.61 Å². The molecule has 2 rings (SSSR count). The van der Waals surface area contributed by atoms with Crippen LogP contribution in [0.1, 0.15) is 18.4 Å². The molecular formula is C13H14N2O8S. The number of hydrogen-bond acceptors (Lipinski definition) is 7. The molecule has 1 atom stereocenters. The Kier molecular flexibility index (Phi) is 4.76. The van der Waals surface area contributed by atoms with E-state index in [9.17, 15) is 22.8 Å². The zero-order valence-electron chi connectivity index (χ0n) is 12.5. The molecular weight excluding hydrogens is 344 g/mol. The lowest BCUT2D eigenvalue weighted by Gasteiger charge is -2.35. The number of nitrogens with two attached hydrogens (primary N) is 1. The highest BCUT2D eigenvalue weighted by Crippen LogP contribution is 2.38. The Labute approximate surface area is 137 Å². The van der Waals surface area contributed by atoms with Crippen LogP contribution in [0, 0.1) is 0 Å². The average molecular weight is 358 g/mol. The van der Waals surface area contributed by atoms with Crippen molar-refractivity contribution < 1.29 is 36.8 Å². The second-order valence-corrected chi connectivity index (χ2v) is 6.28. The summed E-state index contributed by atoms with van der Waals surface area (Å²) in [5.41, 5.74) is 5.16. The topological polar surface area (TPSA) is 153 Å². The van der Waals surface area contributed by atoms with Crippen molar-refractivity contribution in [2.75, 3.05) is 13.2 Å². The van der Waals surface area contributed by atoms with Crippen molar-refractivity contribution >= 4 is 28.1 Å². The molecule has 1 heterocycles. The SMILES string of the molecule is CC(=O)Oc1ccc(OCC(N)=O)cc1[C@H]1CN(S(=O)(=O)O)C1=O. The van der Waals surface area contributed by atoms with Gasteiger partial charge in [0.2, 0.25) is 5.91 Å². The number of benzene rings is 1. The van der Waals surface area contributed by atoms with Gasteiger partial charge >= 0.3 is 16.3 Å². The first-order valence-corrected chi connectivity index (χ1v) is 8.01. The quantitative estimate of drug-likeness (QED) is 0.290. The Morgan fingerprint density at radius 1 is 1.42 bits per heavy atom. The minimum Gasteiger partial charge on any atom is -0.484 e. The molecule has 10 nitrogen and oxygen atoms in total. The first-order valence-electron chi connectivity index (χ1n) is 6.62. The maximum absolute atomic E-state index is 12.0. The molecule has 0 bridgehead atoms. The van der Waals surface area contributed by atoms with E-state index < -0.39 is 40.6 Å². The summed E-state index contributed by atoms with van der Waals surface area (Å²) >= 11 is 0. The van der Waals surface area contributed by atoms with Crippen LogP contribution in [0.4, 0.5) is 0 Å². The summed E-state index contributed by atoms with van der Waals surface area (Å²) in [4.78, 5) is 33.9. The van der Waals surface area contributed by atoms with Gasteiger partial charge in [-0.05, 0) is 18.2 Å². The van der Waals surface area contributed by atoms with Crippen molar-refractivity contribution in [2.24, 2.45) is 5.73 Å². The van der Waals surface area contributed by atoms with E-state index in [0.29, 0.717) is 0 Å². The summed E-state index contributed by atoms with van der Waals surface area (Å²) in [7, 11) is -4.64. The molecule has 1 aliphatic rings. The van der Waals surface area contributed by atoms with Crippen LogP contribution in [0.25, 0.3) is 0 Å². The Morgan fingerprint density at radius 2 is 2.08 bits per heavy atom. The molecule has 2 amide bonds. The fourth-order valence-corrected chi connectivity index (χ4v) is 2.82. The highest BCUT2D eigenvalue weighted by atomic mass is 32.2. The number of esters is 1. The summed E-state index contributed by atoms with van der Waals surface area (Å²) in [6, 6.07) is 4.08. The highest BCUT2D eigenvalue weighted by molar-refractivity contribution is 7.84. The standard InChI is InChI=1S/C13H14N2O8S/c1-7(16)23-11-3-2-8(22-6-12(14)17)4-9(11)10-5-15(13(10)18)24(19,20)21/h2-4,10H,5-6H2,1H3,(H2,14,17)(H,19,20,21)/t10-/m1/s1. The van der Waals surface area contributed by atoms with E-state index in [0.717, 1.165) is 6.92 Å². The van der Waals surface area contributed by atoms with E-state index in [1.54, 1.807) is 0 Å². The molecule has 0 spiro atoms. The van der Waals surface area contributed by atoms with Gasteiger partial charge in [-0.2, -0.15) is 8.42 Å². The normalized spacial score (nSPS) is 17.2. The van der Waals surface area contributed by atoms with Gasteiger partial charge in [0.1, 0.15) is 11.5 Å². The molecule has 0 aliphatic carbocycles. The van der Waals surface area contributed by atoms with Crippen LogP contribution < -0.4 is 15.2 Å². The van der Waals surface area contributed by atoms with Crippen LogP contribution >= 0.6 is 0 Å². The first-order chi connectivity index (χ1) is 11.1. The lowest BCUT2D eigenvalue weighted by atomic mass is 9.91. The number of nitrogens with zero attached hydrogens (tertiary/aromatic N) is 1. The van der Waals surface area contributed by atoms with E-state index in [1.807, 2.05) is 0 Å². The van der Waals surface area contributed by atoms with Crippen molar-refractivity contribution in [3.8, 4) is 11.5 Å². The molecule has 11 heteroatoms. The van der Waals surface area contributed by atoms with Gasteiger partial charge < -0.3 is 15.2 Å². The van der Waals surface area contributed by atoms with Gasteiger partial charge in [-0.25, -0.2) is 4.31 Å². The molecule has 0 saturated carbocycles. The van der Waals surface area contributed by atoms with Crippen molar-refractivity contribution in [3.63, 3.8) is 0 Å². The van der Waals surface area contributed by atoms with Crippen LogP contribution in [-0.2, 0) is 24.7 Å². The predicted octanol–water partition coefficient (Wildman–Crippen LogP) is -0.795. The molecule has 3 N–H and O–H groups in total. The van der Waals surface area contributed by atoms with Crippen LogP contribution in [0.5, 0.6) is 11.5 Å². The fourth-order valence-electron chi connectivity index (χ4n) is 2.13. The lowest BCUT2D eigenvalue weighted by molar-refractivity contribution is -0.137. The Balaban J connectivity index is 2.31. The minimum absolute atomic E-state index is 0.0438. The summed E-state index contributed by atoms with van der Waals surface area (Å²) in [6.07, 6.45) is 0. The maximum atomic E-state index is 12.0. The van der Waals surface area contributed by atoms with Crippen LogP contribution in [0.2, 0.25) is 0 Å². The van der Waals surface area contributed by atoms with Crippen LogP contribution in [0.15, 0.2) is 18.2 Å². The van der Waals surface area contributed by atoms with Gasteiger partial charge in [-0.3, -0.25) is 18.9 Å². The predicted molar refractivity (Wildman–Crippen MR) is 78.4 cm³/mol. The maximum Gasteiger partial charge on any atom is 0.362 e. The number of primary amides is 1. The third kappa shape index (κ3) is 3.81. The summed E-state index contributed by atoms with van der Waals surface area (Å²) in [5.74, 6) is -2.95. The van der Waals surface area contributed by atoms with Gasteiger partial charge in [0, 0.05) is 12.5 Å². The summed E-state index contributed by atoms with van der Waals surface area (Å²) < 4.78 is 41.3. The van der Waals surface area contributed by atoms with Crippen LogP contribution in [0.3, 0.4) is 0 Å². The number of carbonyl (C=O) groups excluding carboxylic acids is 3. The molecule has 0 radical (unpaired) electrons. The summed E-state index contributed by atoms with van der Waals surface area (Å²) in [5, 5.41) is 0. The number of carbonyl (C=O) groups is 3. The molecule has 1 aromatic carbocycles. The molecule has 1 fully saturated rings. The monoisotopic (exact) mass is 358 g/mol. The van der Waals surface area contributed by atoms with Crippen molar-refractivity contribution in [3.05, 3.63) is 23.8 Å². The second kappa shape index (κ2) is 6.45. The third-order valence-electron chi connectivity index (χ3n) is 3.16. The van der Waals surface area contributed by atoms with E-state index >= 15 is 0 Å². The zero-order chi connectivity index (χ0) is 18.1. The Hall–Kier alpha value is -2.66. The fraction of sp³-hybridized carbons (Fsp3) is 0.308. The summed E-state index contributed by atoms with van der Waals surface area (Å²) in [6.45, 7) is 0.446. The van der Waals surface area contributed by atoms with Gasteiger partial charge in [-0.1, -0.05) is 0 Å².